The summed E-state index contributed by atoms with van der Waals surface area (Å²) in [6, 6.07) is 1.86. The normalized spacial score (nSPS) is 10.0. The maximum Gasteiger partial charge on any atom is 0.235 e. The van der Waals surface area contributed by atoms with Gasteiger partial charge < -0.3 is 4.57 Å². The van der Waals surface area contributed by atoms with Crippen molar-refractivity contribution in [2.45, 2.75) is 0 Å². The Morgan fingerprint density at radius 2 is 2.33 bits per heavy atom. The second-order valence-corrected chi connectivity index (χ2v) is 2.41. The van der Waals surface area contributed by atoms with E-state index in [2.05, 4.69) is 15.0 Å². The summed E-state index contributed by atoms with van der Waals surface area (Å²) in [7, 11) is 1.84. The second kappa shape index (κ2) is 2.27. The zero-order chi connectivity index (χ0) is 8.55. The predicted molar refractivity (Wildman–Crippen MR) is 40.1 cm³/mol. The number of fused-ring (bicyclic) bond motifs is 1. The quantitative estimate of drug-likeness (QED) is 0.550. The van der Waals surface area contributed by atoms with Gasteiger partial charge >= 0.3 is 0 Å². The fourth-order valence-electron chi connectivity index (χ4n) is 0.950. The monoisotopic (exact) mass is 159 g/mol. The number of rotatable bonds is 0. The summed E-state index contributed by atoms with van der Waals surface area (Å²) in [4.78, 5) is 11.8. The highest BCUT2D eigenvalue weighted by molar-refractivity contribution is 5.50. The molecular weight excluding hydrogens is 154 g/mol. The first kappa shape index (κ1) is 6.73. The highest BCUT2D eigenvalue weighted by Gasteiger charge is 2.10. The smallest absolute Gasteiger partial charge is 0.235 e. The van der Waals surface area contributed by atoms with Gasteiger partial charge in [0.15, 0.2) is 5.82 Å². The molecule has 0 amide bonds. The lowest BCUT2D eigenvalue weighted by atomic mass is 10.4. The van der Waals surface area contributed by atoms with Gasteiger partial charge in [-0.05, 0) is 0 Å². The molecule has 0 radical (unpaired) electrons. The summed E-state index contributed by atoms with van der Waals surface area (Å²) in [5.41, 5.74) is 0.650. The van der Waals surface area contributed by atoms with E-state index in [0.717, 1.165) is 0 Å². The SMILES string of the molecule is Cn1cnc2nc(C#N)nc-2c1. The van der Waals surface area contributed by atoms with E-state index in [4.69, 9.17) is 5.26 Å². The molecule has 58 valence electrons. The maximum absolute atomic E-state index is 8.50. The molecule has 0 aromatic heterocycles. The van der Waals surface area contributed by atoms with Crippen LogP contribution in [0.5, 0.6) is 0 Å². The molecule has 2 heterocycles. The van der Waals surface area contributed by atoms with Gasteiger partial charge in [0.1, 0.15) is 11.8 Å². The molecule has 0 aromatic rings. The standard InChI is InChI=1S/C7H5N5/c1-12-3-5-7(9-4-12)11-6(2-8)10-5/h3-4H,1H3. The lowest BCUT2D eigenvalue weighted by Crippen LogP contribution is -1.94. The van der Waals surface area contributed by atoms with Gasteiger partial charge in [0, 0.05) is 13.2 Å². The minimum Gasteiger partial charge on any atom is -0.340 e. The van der Waals surface area contributed by atoms with Crippen LogP contribution in [0.25, 0.3) is 11.5 Å². The summed E-state index contributed by atoms with van der Waals surface area (Å²) in [6.45, 7) is 0. The molecule has 0 aliphatic carbocycles. The number of imidazole rings is 1. The van der Waals surface area contributed by atoms with Crippen LogP contribution >= 0.6 is 0 Å². The number of hydrogen-bond acceptors (Lipinski definition) is 4. The van der Waals surface area contributed by atoms with E-state index in [0.29, 0.717) is 11.5 Å². The average molecular weight is 159 g/mol. The Morgan fingerprint density at radius 1 is 1.50 bits per heavy atom. The van der Waals surface area contributed by atoms with E-state index in [1.54, 1.807) is 17.1 Å². The molecule has 2 aliphatic heterocycles. The van der Waals surface area contributed by atoms with E-state index in [1.165, 1.54) is 0 Å². The largest absolute Gasteiger partial charge is 0.340 e. The molecule has 0 saturated heterocycles. The number of hydrogen-bond donors (Lipinski definition) is 0. The molecule has 12 heavy (non-hydrogen) atoms. The fourth-order valence-corrected chi connectivity index (χ4v) is 0.950. The van der Waals surface area contributed by atoms with E-state index >= 15 is 0 Å². The van der Waals surface area contributed by atoms with E-state index < -0.39 is 0 Å². The third-order valence-corrected chi connectivity index (χ3v) is 1.46. The highest BCUT2D eigenvalue weighted by Crippen LogP contribution is 2.13. The molecule has 0 spiro atoms. The minimum absolute atomic E-state index is 0.170. The van der Waals surface area contributed by atoms with Gasteiger partial charge in [0.25, 0.3) is 0 Å². The van der Waals surface area contributed by atoms with Crippen molar-refractivity contribution in [2.24, 2.45) is 7.05 Å². The highest BCUT2D eigenvalue weighted by atomic mass is 15.1. The number of aromatic nitrogens is 4. The van der Waals surface area contributed by atoms with Crippen molar-refractivity contribution in [3.8, 4) is 17.6 Å². The van der Waals surface area contributed by atoms with Gasteiger partial charge in [0.05, 0.1) is 6.33 Å². The van der Waals surface area contributed by atoms with Crippen LogP contribution in [0.2, 0.25) is 0 Å². The van der Waals surface area contributed by atoms with Crippen molar-refractivity contribution in [3.63, 3.8) is 0 Å². The predicted octanol–water partition coefficient (Wildman–Crippen LogP) is 0.187. The van der Waals surface area contributed by atoms with Gasteiger partial charge in [-0.3, -0.25) is 0 Å². The van der Waals surface area contributed by atoms with Crippen LogP contribution in [0, 0.1) is 11.3 Å². The Hall–Kier alpha value is -1.96. The molecular formula is C7H5N5. The zero-order valence-corrected chi connectivity index (χ0v) is 6.39. The number of nitrogens with zero attached hydrogens (tertiary/aromatic N) is 5. The molecule has 0 saturated carbocycles. The van der Waals surface area contributed by atoms with Crippen molar-refractivity contribution in [3.05, 3.63) is 18.3 Å². The molecule has 5 nitrogen and oxygen atoms in total. The Balaban J connectivity index is 2.70. The molecule has 0 aromatic carbocycles. The van der Waals surface area contributed by atoms with Gasteiger partial charge in [-0.1, -0.05) is 0 Å². The first-order chi connectivity index (χ1) is 5.79. The second-order valence-electron chi connectivity index (χ2n) is 2.41. The maximum atomic E-state index is 8.50. The van der Waals surface area contributed by atoms with E-state index in [1.807, 2.05) is 13.1 Å². The van der Waals surface area contributed by atoms with Crippen molar-refractivity contribution in [2.75, 3.05) is 0 Å². The summed E-state index contributed by atoms with van der Waals surface area (Å²) in [5.74, 6) is 0.688. The van der Waals surface area contributed by atoms with Crippen molar-refractivity contribution >= 4 is 0 Å². The first-order valence-corrected chi connectivity index (χ1v) is 3.35. The molecule has 0 atom stereocenters. The van der Waals surface area contributed by atoms with Crippen LogP contribution < -0.4 is 0 Å². The van der Waals surface area contributed by atoms with Crippen molar-refractivity contribution < 1.29 is 0 Å². The fraction of sp³-hybridized carbons (Fsp3) is 0.143. The topological polar surface area (TPSA) is 67.4 Å². The summed E-state index contributed by atoms with van der Waals surface area (Å²) in [6.07, 6.45) is 3.40. The average Bonchev–Trinajstić information content (AvgIpc) is 2.46. The number of nitriles is 1. The van der Waals surface area contributed by atoms with Crippen LogP contribution in [0.15, 0.2) is 12.5 Å². The van der Waals surface area contributed by atoms with Gasteiger partial charge in [-0.25, -0.2) is 9.97 Å². The summed E-state index contributed by atoms with van der Waals surface area (Å²) < 4.78 is 1.76. The summed E-state index contributed by atoms with van der Waals surface area (Å²) in [5, 5.41) is 8.50. The number of aryl methyl sites for hydroxylation is 1. The molecule has 0 bridgehead atoms. The van der Waals surface area contributed by atoms with Gasteiger partial charge in [-0.2, -0.15) is 10.2 Å². The molecule has 0 unspecified atom stereocenters. The Labute approximate surface area is 68.7 Å². The Kier molecular flexibility index (Phi) is 1.27. The van der Waals surface area contributed by atoms with Crippen LogP contribution in [-0.4, -0.2) is 19.5 Å². The molecule has 0 fully saturated rings. The zero-order valence-electron chi connectivity index (χ0n) is 6.39. The molecule has 0 N–H and O–H groups in total. The molecule has 5 heteroatoms. The van der Waals surface area contributed by atoms with Gasteiger partial charge in [0.2, 0.25) is 5.82 Å². The van der Waals surface area contributed by atoms with E-state index in [-0.39, 0.29) is 5.82 Å². The molecule has 2 rings (SSSR count). The third kappa shape index (κ3) is 0.900. The molecule has 2 aliphatic rings. The minimum atomic E-state index is 0.170. The van der Waals surface area contributed by atoms with Crippen LogP contribution in [0.4, 0.5) is 0 Å². The third-order valence-electron chi connectivity index (χ3n) is 1.46. The Morgan fingerprint density at radius 3 is 3.08 bits per heavy atom. The van der Waals surface area contributed by atoms with Crippen molar-refractivity contribution in [1.29, 1.82) is 5.26 Å². The first-order valence-electron chi connectivity index (χ1n) is 3.35. The Bertz CT molecular complexity index is 424. The summed E-state index contributed by atoms with van der Waals surface area (Å²) >= 11 is 0. The van der Waals surface area contributed by atoms with Crippen LogP contribution in [0.1, 0.15) is 5.82 Å². The van der Waals surface area contributed by atoms with Crippen LogP contribution in [0.3, 0.4) is 0 Å². The van der Waals surface area contributed by atoms with E-state index in [9.17, 15) is 0 Å². The van der Waals surface area contributed by atoms with Crippen molar-refractivity contribution in [1.82, 2.24) is 19.5 Å². The van der Waals surface area contributed by atoms with Gasteiger partial charge in [-0.15, -0.1) is 0 Å². The lowest BCUT2D eigenvalue weighted by Gasteiger charge is -1.97. The van der Waals surface area contributed by atoms with Crippen LogP contribution in [-0.2, 0) is 7.05 Å². The lowest BCUT2D eigenvalue weighted by molar-refractivity contribution is 0.858.